The summed E-state index contributed by atoms with van der Waals surface area (Å²) in [6.45, 7) is 2.17. The number of rotatable bonds is 5. The summed E-state index contributed by atoms with van der Waals surface area (Å²) in [6, 6.07) is 9.14. The van der Waals surface area contributed by atoms with Gasteiger partial charge in [-0.05, 0) is 31.0 Å². The Morgan fingerprint density at radius 3 is 2.47 bits per heavy atom. The molecule has 0 radical (unpaired) electrons. The van der Waals surface area contributed by atoms with Crippen molar-refractivity contribution in [3.05, 3.63) is 35.4 Å². The maximum atomic E-state index is 5.28. The first-order chi connectivity index (χ1) is 7.31. The lowest BCUT2D eigenvalue weighted by molar-refractivity contribution is 0.558. The van der Waals surface area contributed by atoms with Gasteiger partial charge in [-0.2, -0.15) is 0 Å². The van der Waals surface area contributed by atoms with Gasteiger partial charge in [0.1, 0.15) is 0 Å². The summed E-state index contributed by atoms with van der Waals surface area (Å²) < 4.78 is 0. The molecule has 0 heterocycles. The van der Waals surface area contributed by atoms with Gasteiger partial charge in [0.25, 0.3) is 0 Å². The molecule has 80 valence electrons. The lowest BCUT2D eigenvalue weighted by Gasteiger charge is -2.15. The Morgan fingerprint density at radius 1 is 1.33 bits per heavy atom. The maximum absolute atomic E-state index is 5.28. The van der Waals surface area contributed by atoms with E-state index < -0.39 is 0 Å². The van der Waals surface area contributed by atoms with Crippen molar-refractivity contribution in [1.82, 2.24) is 5.32 Å². The zero-order valence-electron chi connectivity index (χ0n) is 9.59. The van der Waals surface area contributed by atoms with Crippen LogP contribution in [0.2, 0.25) is 0 Å². The van der Waals surface area contributed by atoms with Gasteiger partial charge in [-0.1, -0.05) is 31.2 Å². The molecule has 0 aliphatic heterocycles. The molecule has 1 aromatic rings. The summed E-state index contributed by atoms with van der Waals surface area (Å²) in [5.41, 5.74) is 2.70. The van der Waals surface area contributed by atoms with Crippen LogP contribution in [-0.2, 0) is 6.42 Å². The van der Waals surface area contributed by atoms with E-state index in [0.717, 1.165) is 19.3 Å². The average Bonchev–Trinajstić information content (AvgIpc) is 2.31. The molecule has 0 aromatic heterocycles. The first-order valence-corrected chi connectivity index (χ1v) is 5.51. The summed E-state index contributed by atoms with van der Waals surface area (Å²) in [5, 5.41) is 3.30. The van der Waals surface area contributed by atoms with Gasteiger partial charge in [0.15, 0.2) is 0 Å². The smallest absolute Gasteiger partial charge is 0.0326 e. The van der Waals surface area contributed by atoms with E-state index in [4.69, 9.17) is 6.42 Å². The highest BCUT2D eigenvalue weighted by molar-refractivity contribution is 5.25. The molecule has 1 heteroatoms. The molecule has 0 amide bonds. The van der Waals surface area contributed by atoms with Crippen LogP contribution >= 0.6 is 0 Å². The molecule has 0 spiro atoms. The fourth-order valence-corrected chi connectivity index (χ4v) is 1.69. The predicted octanol–water partition coefficient (Wildman–Crippen LogP) is 2.92. The van der Waals surface area contributed by atoms with Crippen LogP contribution in [0.4, 0.5) is 0 Å². The fraction of sp³-hybridized carbons (Fsp3) is 0.429. The van der Waals surface area contributed by atoms with Gasteiger partial charge in [0, 0.05) is 12.5 Å². The zero-order valence-corrected chi connectivity index (χ0v) is 9.59. The molecule has 0 saturated carbocycles. The Kier molecular flexibility index (Phi) is 4.93. The van der Waals surface area contributed by atoms with Crippen LogP contribution in [0, 0.1) is 12.3 Å². The van der Waals surface area contributed by atoms with E-state index in [1.165, 1.54) is 11.1 Å². The zero-order chi connectivity index (χ0) is 11.1. The Hall–Kier alpha value is -1.26. The Bertz CT molecular complexity index is 318. The minimum atomic E-state index is 0.381. The second kappa shape index (κ2) is 6.27. The van der Waals surface area contributed by atoms with Crippen LogP contribution in [0.15, 0.2) is 24.3 Å². The second-order valence-corrected chi connectivity index (χ2v) is 3.68. The van der Waals surface area contributed by atoms with Crippen LogP contribution in [-0.4, -0.2) is 7.05 Å². The fourth-order valence-electron chi connectivity index (χ4n) is 1.69. The Labute approximate surface area is 92.9 Å². The van der Waals surface area contributed by atoms with E-state index in [2.05, 4.69) is 42.4 Å². The van der Waals surface area contributed by atoms with E-state index in [0.29, 0.717) is 6.04 Å². The lowest BCUT2D eigenvalue weighted by atomic mass is 10.0. The van der Waals surface area contributed by atoms with Gasteiger partial charge >= 0.3 is 0 Å². The van der Waals surface area contributed by atoms with E-state index in [9.17, 15) is 0 Å². The quantitative estimate of drug-likeness (QED) is 0.722. The normalized spacial score (nSPS) is 12.1. The SMILES string of the molecule is C#CCCC(NC)c1ccc(CC)cc1. The summed E-state index contributed by atoms with van der Waals surface area (Å²) >= 11 is 0. The van der Waals surface area contributed by atoms with Gasteiger partial charge in [-0.15, -0.1) is 12.3 Å². The number of hydrogen-bond acceptors (Lipinski definition) is 1. The summed E-state index contributed by atoms with van der Waals surface area (Å²) in [5.74, 6) is 2.68. The van der Waals surface area contributed by atoms with E-state index in [1.807, 2.05) is 7.05 Å². The molecule has 0 aliphatic rings. The van der Waals surface area contributed by atoms with Gasteiger partial charge in [0.2, 0.25) is 0 Å². The maximum Gasteiger partial charge on any atom is 0.0326 e. The van der Waals surface area contributed by atoms with E-state index in [-0.39, 0.29) is 0 Å². The van der Waals surface area contributed by atoms with Crippen molar-refractivity contribution in [1.29, 1.82) is 0 Å². The number of aryl methyl sites for hydroxylation is 1. The Morgan fingerprint density at radius 2 is 2.00 bits per heavy atom. The molecular weight excluding hydrogens is 182 g/mol. The van der Waals surface area contributed by atoms with Crippen molar-refractivity contribution in [3.63, 3.8) is 0 Å². The van der Waals surface area contributed by atoms with Crippen molar-refractivity contribution in [3.8, 4) is 12.3 Å². The van der Waals surface area contributed by atoms with Crippen molar-refractivity contribution >= 4 is 0 Å². The third-order valence-electron chi connectivity index (χ3n) is 2.72. The molecule has 0 bridgehead atoms. The average molecular weight is 201 g/mol. The lowest BCUT2D eigenvalue weighted by Crippen LogP contribution is -2.16. The van der Waals surface area contributed by atoms with Gasteiger partial charge in [-0.3, -0.25) is 0 Å². The molecule has 1 nitrogen and oxygen atoms in total. The third-order valence-corrected chi connectivity index (χ3v) is 2.72. The van der Waals surface area contributed by atoms with Crippen molar-refractivity contribution < 1.29 is 0 Å². The minimum Gasteiger partial charge on any atom is -0.313 e. The summed E-state index contributed by atoms with van der Waals surface area (Å²) in [7, 11) is 1.98. The van der Waals surface area contributed by atoms with Crippen LogP contribution in [0.1, 0.15) is 36.9 Å². The molecule has 1 aromatic carbocycles. The number of benzene rings is 1. The molecule has 1 unspecified atom stereocenters. The number of terminal acetylenes is 1. The van der Waals surface area contributed by atoms with Gasteiger partial charge in [-0.25, -0.2) is 0 Å². The predicted molar refractivity (Wildman–Crippen MR) is 65.7 cm³/mol. The van der Waals surface area contributed by atoms with E-state index >= 15 is 0 Å². The number of nitrogens with one attached hydrogen (secondary N) is 1. The van der Waals surface area contributed by atoms with E-state index in [1.54, 1.807) is 0 Å². The largest absolute Gasteiger partial charge is 0.313 e. The second-order valence-electron chi connectivity index (χ2n) is 3.68. The van der Waals surface area contributed by atoms with Crippen molar-refractivity contribution in [2.75, 3.05) is 7.05 Å². The molecule has 1 N–H and O–H groups in total. The minimum absolute atomic E-state index is 0.381. The van der Waals surface area contributed by atoms with Crippen molar-refractivity contribution in [2.45, 2.75) is 32.2 Å². The molecule has 0 fully saturated rings. The summed E-state index contributed by atoms with van der Waals surface area (Å²) in [4.78, 5) is 0. The highest BCUT2D eigenvalue weighted by atomic mass is 14.9. The molecule has 1 atom stereocenters. The molecule has 0 aliphatic carbocycles. The highest BCUT2D eigenvalue weighted by Crippen LogP contribution is 2.18. The standard InChI is InChI=1S/C14H19N/c1-4-6-7-14(15-3)13-10-8-12(5-2)9-11-13/h1,8-11,14-15H,5-7H2,2-3H3. The van der Waals surface area contributed by atoms with Crippen LogP contribution < -0.4 is 5.32 Å². The first-order valence-electron chi connectivity index (χ1n) is 5.51. The molecular formula is C14H19N. The van der Waals surface area contributed by atoms with Crippen molar-refractivity contribution in [2.24, 2.45) is 0 Å². The van der Waals surface area contributed by atoms with Gasteiger partial charge in [0.05, 0.1) is 0 Å². The molecule has 15 heavy (non-hydrogen) atoms. The Balaban J connectivity index is 2.70. The first kappa shape index (κ1) is 11.8. The highest BCUT2D eigenvalue weighted by Gasteiger charge is 2.07. The molecule has 1 rings (SSSR count). The van der Waals surface area contributed by atoms with Crippen LogP contribution in [0.3, 0.4) is 0 Å². The van der Waals surface area contributed by atoms with Gasteiger partial charge < -0.3 is 5.32 Å². The molecule has 0 saturated heterocycles. The summed E-state index contributed by atoms with van der Waals surface area (Å²) in [6.07, 6.45) is 8.19. The van der Waals surface area contributed by atoms with Crippen LogP contribution in [0.25, 0.3) is 0 Å². The number of hydrogen-bond donors (Lipinski definition) is 1. The topological polar surface area (TPSA) is 12.0 Å². The monoisotopic (exact) mass is 201 g/mol. The van der Waals surface area contributed by atoms with Crippen LogP contribution in [0.5, 0.6) is 0 Å². The third kappa shape index (κ3) is 3.42.